The maximum Gasteiger partial charge on any atom is 0.120 e. The molecule has 0 aliphatic rings. The van der Waals surface area contributed by atoms with Crippen LogP contribution in [0.5, 0.6) is 11.5 Å². The van der Waals surface area contributed by atoms with Crippen molar-refractivity contribution in [1.29, 1.82) is 0 Å². The molecule has 4 nitrogen and oxygen atoms in total. The average Bonchev–Trinajstić information content (AvgIpc) is 2.72. The second-order valence-electron chi connectivity index (χ2n) is 8.65. The van der Waals surface area contributed by atoms with Crippen molar-refractivity contribution >= 4 is 69.6 Å². The summed E-state index contributed by atoms with van der Waals surface area (Å²) in [6.07, 6.45) is 0. The molecule has 0 saturated heterocycles. The maximum absolute atomic E-state index is 5.98. The van der Waals surface area contributed by atoms with E-state index in [0.29, 0.717) is 23.3 Å². The Balaban J connectivity index is 0.00000544. The van der Waals surface area contributed by atoms with Gasteiger partial charge in [-0.3, -0.25) is 0 Å². The Labute approximate surface area is 235 Å². The summed E-state index contributed by atoms with van der Waals surface area (Å²) >= 11 is 12.0. The molecule has 0 heterocycles. The van der Waals surface area contributed by atoms with Crippen molar-refractivity contribution in [2.75, 3.05) is 39.4 Å². The van der Waals surface area contributed by atoms with E-state index in [1.807, 2.05) is 70.1 Å². The number of benzene rings is 2. The number of hydrogen-bond acceptors (Lipinski definition) is 6. The van der Waals surface area contributed by atoms with Gasteiger partial charge in [0, 0.05) is 45.7 Å². The molecule has 0 aliphatic carbocycles. The molecular weight excluding hydrogens is 554 g/mol. The van der Waals surface area contributed by atoms with Gasteiger partial charge in [0.05, 0.1) is 0 Å². The molecule has 2 aromatic carbocycles. The highest BCUT2D eigenvalue weighted by Gasteiger charge is 2.25. The zero-order valence-corrected chi connectivity index (χ0v) is 24.8. The lowest BCUT2D eigenvalue weighted by Gasteiger charge is -2.30. The quantitative estimate of drug-likeness (QED) is 0.166. The Kier molecular flexibility index (Phi) is 17.2. The van der Waals surface area contributed by atoms with Crippen LogP contribution < -0.4 is 20.1 Å². The van der Waals surface area contributed by atoms with Gasteiger partial charge in [-0.2, -0.15) is 0 Å². The Hall–Kier alpha value is -0.180. The summed E-state index contributed by atoms with van der Waals surface area (Å²) in [5, 5.41) is 8.37. The number of rotatable bonds is 15. The van der Waals surface area contributed by atoms with E-state index in [4.69, 9.17) is 32.7 Å². The van der Waals surface area contributed by atoms with Crippen LogP contribution in [0.25, 0.3) is 0 Å². The zero-order chi connectivity index (χ0) is 23.5. The largest absolute Gasteiger partial charge is 0.492 e. The van der Waals surface area contributed by atoms with Crippen molar-refractivity contribution in [2.24, 2.45) is 0 Å². The highest BCUT2D eigenvalue weighted by Crippen LogP contribution is 2.43. The highest BCUT2D eigenvalue weighted by atomic mass is 35.5. The molecule has 0 aromatic heterocycles. The number of hydrogen-bond donors (Lipinski definition) is 2. The van der Waals surface area contributed by atoms with E-state index in [0.717, 1.165) is 37.7 Å². The molecule has 194 valence electrons. The number of ether oxygens (including phenoxy) is 2. The first kappa shape index (κ1) is 33.8. The van der Waals surface area contributed by atoms with E-state index in [2.05, 4.69) is 38.3 Å². The molecule has 0 saturated carbocycles. The van der Waals surface area contributed by atoms with Gasteiger partial charge in [0.2, 0.25) is 0 Å². The molecule has 0 unspecified atom stereocenters. The third kappa shape index (κ3) is 15.0. The first-order chi connectivity index (χ1) is 15.2. The van der Waals surface area contributed by atoms with Crippen LogP contribution in [0.3, 0.4) is 0 Å². The monoisotopic (exact) mass is 588 g/mol. The fourth-order valence-corrected chi connectivity index (χ4v) is 5.50. The van der Waals surface area contributed by atoms with E-state index in [1.54, 1.807) is 0 Å². The summed E-state index contributed by atoms with van der Waals surface area (Å²) in [7, 11) is 3.83. The van der Waals surface area contributed by atoms with Crippen LogP contribution in [0.15, 0.2) is 48.5 Å². The first-order valence-electron chi connectivity index (χ1n) is 10.7. The molecule has 0 radical (unpaired) electrons. The Morgan fingerprint density at radius 3 is 1.44 bits per heavy atom. The van der Waals surface area contributed by atoms with Crippen molar-refractivity contribution in [1.82, 2.24) is 10.6 Å². The van der Waals surface area contributed by atoms with Crippen LogP contribution in [0, 0.1) is 0 Å². The molecule has 10 heteroatoms. The van der Waals surface area contributed by atoms with Gasteiger partial charge in [0.1, 0.15) is 24.7 Å². The van der Waals surface area contributed by atoms with Crippen molar-refractivity contribution in [3.05, 3.63) is 58.6 Å². The van der Waals surface area contributed by atoms with Gasteiger partial charge in [-0.15, -0.1) is 24.8 Å². The number of halogens is 4. The average molecular weight is 591 g/mol. The molecule has 0 atom stereocenters. The lowest BCUT2D eigenvalue weighted by molar-refractivity contribution is 0.312. The van der Waals surface area contributed by atoms with Crippen molar-refractivity contribution < 1.29 is 9.47 Å². The zero-order valence-electron chi connectivity index (χ0n) is 20.1. The van der Waals surface area contributed by atoms with Crippen LogP contribution in [-0.2, 0) is 0 Å². The Morgan fingerprint density at radius 2 is 1.09 bits per heavy atom. The molecule has 2 N–H and O–H groups in total. The SMILES string of the molecule is CC(C)(CNCCOc1cccc(Cl)c1)SSC(C)(C)CNCCOc1cccc(Cl)c1.Cl.Cl. The van der Waals surface area contributed by atoms with Gasteiger partial charge < -0.3 is 20.1 Å². The standard InChI is InChI=1S/C24H34Cl2N2O2S2.2ClH/c1-23(2,17-27-11-13-29-21-9-5-7-19(25)15-21)31-32-24(3,4)18-28-12-14-30-22-10-6-8-20(26)16-22;;/h5-10,15-16,27-28H,11-14,17-18H2,1-4H3;2*1H. The van der Waals surface area contributed by atoms with Gasteiger partial charge >= 0.3 is 0 Å². The molecule has 0 bridgehead atoms. The van der Waals surface area contributed by atoms with Crippen LogP contribution in [-0.4, -0.2) is 48.9 Å². The third-order valence-corrected chi connectivity index (χ3v) is 8.98. The smallest absolute Gasteiger partial charge is 0.120 e. The van der Waals surface area contributed by atoms with Crippen LogP contribution >= 0.6 is 69.6 Å². The minimum Gasteiger partial charge on any atom is -0.492 e. The molecule has 2 aromatic rings. The third-order valence-electron chi connectivity index (χ3n) is 4.28. The maximum atomic E-state index is 5.98. The second kappa shape index (κ2) is 17.3. The van der Waals surface area contributed by atoms with Gasteiger partial charge in [0.25, 0.3) is 0 Å². The minimum atomic E-state index is 0. The van der Waals surface area contributed by atoms with Gasteiger partial charge in [-0.05, 0) is 64.1 Å². The molecular formula is C24H36Cl4N2O2S2. The van der Waals surface area contributed by atoms with E-state index >= 15 is 0 Å². The van der Waals surface area contributed by atoms with Crippen molar-refractivity contribution in [3.8, 4) is 11.5 Å². The fraction of sp³-hybridized carbons (Fsp3) is 0.500. The van der Waals surface area contributed by atoms with Crippen LogP contribution in [0.1, 0.15) is 27.7 Å². The summed E-state index contributed by atoms with van der Waals surface area (Å²) < 4.78 is 11.7. The first-order valence-corrected chi connectivity index (χ1v) is 13.6. The van der Waals surface area contributed by atoms with Crippen LogP contribution in [0.4, 0.5) is 0 Å². The van der Waals surface area contributed by atoms with Gasteiger partial charge in [-0.1, -0.05) is 56.9 Å². The molecule has 0 spiro atoms. The fourth-order valence-electron chi connectivity index (χ4n) is 2.66. The molecule has 2 rings (SSSR count). The lowest BCUT2D eigenvalue weighted by Crippen LogP contribution is -2.37. The normalized spacial score (nSPS) is 11.4. The van der Waals surface area contributed by atoms with Crippen molar-refractivity contribution in [2.45, 2.75) is 37.2 Å². The van der Waals surface area contributed by atoms with E-state index in [1.165, 1.54) is 0 Å². The summed E-state index contributed by atoms with van der Waals surface area (Å²) in [5.41, 5.74) is 0. The van der Waals surface area contributed by atoms with E-state index in [9.17, 15) is 0 Å². The number of nitrogens with one attached hydrogen (secondary N) is 2. The minimum absolute atomic E-state index is 0. The predicted octanol–water partition coefficient (Wildman–Crippen LogP) is 7.41. The molecule has 0 aliphatic heterocycles. The lowest BCUT2D eigenvalue weighted by atomic mass is 10.2. The predicted molar refractivity (Wildman–Crippen MR) is 157 cm³/mol. The summed E-state index contributed by atoms with van der Waals surface area (Å²) in [6.45, 7) is 13.7. The van der Waals surface area contributed by atoms with E-state index in [-0.39, 0.29) is 34.3 Å². The Morgan fingerprint density at radius 1 is 0.706 bits per heavy atom. The Bertz CT molecular complexity index is 762. The van der Waals surface area contributed by atoms with Crippen molar-refractivity contribution in [3.63, 3.8) is 0 Å². The second-order valence-corrected chi connectivity index (χ2v) is 13.1. The molecule has 34 heavy (non-hydrogen) atoms. The van der Waals surface area contributed by atoms with Gasteiger partial charge in [0.15, 0.2) is 0 Å². The molecule has 0 amide bonds. The van der Waals surface area contributed by atoms with E-state index < -0.39 is 0 Å². The summed E-state index contributed by atoms with van der Waals surface area (Å²) in [5.74, 6) is 1.60. The van der Waals surface area contributed by atoms with Crippen LogP contribution in [0.2, 0.25) is 10.0 Å². The highest BCUT2D eigenvalue weighted by molar-refractivity contribution is 8.77. The summed E-state index contributed by atoms with van der Waals surface area (Å²) in [6, 6.07) is 15.0. The summed E-state index contributed by atoms with van der Waals surface area (Å²) in [4.78, 5) is 0. The van der Waals surface area contributed by atoms with Gasteiger partial charge in [-0.25, -0.2) is 0 Å². The topological polar surface area (TPSA) is 42.5 Å². The molecule has 0 fully saturated rings.